The van der Waals surface area contributed by atoms with Crippen molar-refractivity contribution in [3.63, 3.8) is 0 Å². The van der Waals surface area contributed by atoms with Gasteiger partial charge in [-0.05, 0) is 13.0 Å². The molecule has 12 heavy (non-hydrogen) atoms. The maximum Gasteiger partial charge on any atom is 0.275 e. The summed E-state index contributed by atoms with van der Waals surface area (Å²) >= 11 is 0. The van der Waals surface area contributed by atoms with E-state index < -0.39 is 10.7 Å². The number of anilines is 1. The van der Waals surface area contributed by atoms with Crippen molar-refractivity contribution in [1.29, 1.82) is 0 Å². The molecule has 0 amide bonds. The Morgan fingerprint density at radius 1 is 1.58 bits per heavy atom. The van der Waals surface area contributed by atoms with Crippen molar-refractivity contribution in [2.24, 2.45) is 0 Å². The zero-order chi connectivity index (χ0) is 9.30. The minimum atomic E-state index is -0.718. The van der Waals surface area contributed by atoms with Gasteiger partial charge < -0.3 is 5.73 Å². The molecule has 1 aromatic carbocycles. The highest BCUT2D eigenvalue weighted by atomic mass is 19.1. The third-order valence-electron chi connectivity index (χ3n) is 1.58. The van der Waals surface area contributed by atoms with E-state index in [4.69, 9.17) is 5.73 Å². The number of nitrogens with two attached hydrogens (primary N) is 1. The number of hydrogen-bond donors (Lipinski definition) is 1. The standard InChI is InChI=1S/C7H7FN2O2/c1-4-6(10(11)12)3-2-5(9)7(4)8/h2-3H,9H2,1H3. The van der Waals surface area contributed by atoms with Gasteiger partial charge in [-0.1, -0.05) is 0 Å². The van der Waals surface area contributed by atoms with E-state index in [1.807, 2.05) is 0 Å². The second-order valence-corrected chi connectivity index (χ2v) is 2.37. The van der Waals surface area contributed by atoms with Crippen molar-refractivity contribution >= 4 is 11.4 Å². The molecule has 0 heterocycles. The molecule has 5 heteroatoms. The van der Waals surface area contributed by atoms with E-state index in [-0.39, 0.29) is 16.9 Å². The van der Waals surface area contributed by atoms with Crippen molar-refractivity contribution in [2.75, 3.05) is 5.73 Å². The molecule has 0 fully saturated rings. The van der Waals surface area contributed by atoms with E-state index in [0.29, 0.717) is 0 Å². The van der Waals surface area contributed by atoms with Crippen molar-refractivity contribution in [3.05, 3.63) is 33.6 Å². The summed E-state index contributed by atoms with van der Waals surface area (Å²) in [5.41, 5.74) is 4.84. The van der Waals surface area contributed by atoms with Crippen LogP contribution in [-0.2, 0) is 0 Å². The van der Waals surface area contributed by atoms with Crippen molar-refractivity contribution in [1.82, 2.24) is 0 Å². The van der Waals surface area contributed by atoms with Crippen LogP contribution in [0.5, 0.6) is 0 Å². The number of nitro benzene ring substituents is 1. The van der Waals surface area contributed by atoms with Crippen LogP contribution < -0.4 is 5.73 Å². The molecule has 0 unspecified atom stereocenters. The van der Waals surface area contributed by atoms with E-state index in [1.165, 1.54) is 19.1 Å². The fourth-order valence-electron chi connectivity index (χ4n) is 0.894. The molecule has 0 atom stereocenters. The largest absolute Gasteiger partial charge is 0.396 e. The minimum Gasteiger partial charge on any atom is -0.396 e. The molecule has 1 rings (SSSR count). The Labute approximate surface area is 68.0 Å². The lowest BCUT2D eigenvalue weighted by Crippen LogP contribution is -1.98. The van der Waals surface area contributed by atoms with Crippen LogP contribution in [0.25, 0.3) is 0 Å². The number of nitrogen functional groups attached to an aromatic ring is 1. The van der Waals surface area contributed by atoms with Gasteiger partial charge in [0, 0.05) is 6.07 Å². The minimum absolute atomic E-state index is 0.0278. The Kier molecular flexibility index (Phi) is 1.95. The zero-order valence-electron chi connectivity index (χ0n) is 6.37. The monoisotopic (exact) mass is 170 g/mol. The molecule has 0 aliphatic carbocycles. The molecular formula is C7H7FN2O2. The number of nitro groups is 1. The molecule has 0 radical (unpaired) electrons. The third kappa shape index (κ3) is 1.20. The van der Waals surface area contributed by atoms with Crippen LogP contribution in [-0.4, -0.2) is 4.92 Å². The lowest BCUT2D eigenvalue weighted by Gasteiger charge is -2.00. The highest BCUT2D eigenvalue weighted by Crippen LogP contribution is 2.24. The third-order valence-corrected chi connectivity index (χ3v) is 1.58. The van der Waals surface area contributed by atoms with Gasteiger partial charge in [-0.2, -0.15) is 0 Å². The highest BCUT2D eigenvalue weighted by Gasteiger charge is 2.15. The predicted molar refractivity (Wildman–Crippen MR) is 42.2 cm³/mol. The van der Waals surface area contributed by atoms with E-state index in [1.54, 1.807) is 0 Å². The highest BCUT2D eigenvalue weighted by molar-refractivity contribution is 5.52. The van der Waals surface area contributed by atoms with E-state index >= 15 is 0 Å². The normalized spacial score (nSPS) is 9.83. The summed E-state index contributed by atoms with van der Waals surface area (Å²) in [6.07, 6.45) is 0. The first kappa shape index (κ1) is 8.45. The lowest BCUT2D eigenvalue weighted by molar-refractivity contribution is -0.385. The molecule has 2 N–H and O–H groups in total. The average Bonchev–Trinajstić information content (AvgIpc) is 2.00. The topological polar surface area (TPSA) is 69.2 Å². The molecule has 4 nitrogen and oxygen atoms in total. The number of hydrogen-bond acceptors (Lipinski definition) is 3. The van der Waals surface area contributed by atoms with Crippen LogP contribution in [0.4, 0.5) is 15.8 Å². The first-order valence-corrected chi connectivity index (χ1v) is 3.23. The Hall–Kier alpha value is -1.65. The fraction of sp³-hybridized carbons (Fsp3) is 0.143. The second kappa shape index (κ2) is 2.77. The molecule has 1 aromatic rings. The van der Waals surface area contributed by atoms with Crippen LogP contribution >= 0.6 is 0 Å². The summed E-state index contributed by atoms with van der Waals surface area (Å²) in [4.78, 5) is 9.64. The van der Waals surface area contributed by atoms with Crippen molar-refractivity contribution in [2.45, 2.75) is 6.92 Å². The predicted octanol–water partition coefficient (Wildman–Crippen LogP) is 1.62. The van der Waals surface area contributed by atoms with Crippen LogP contribution in [0.15, 0.2) is 12.1 Å². The fourth-order valence-corrected chi connectivity index (χ4v) is 0.894. The van der Waals surface area contributed by atoms with Gasteiger partial charge in [0.25, 0.3) is 5.69 Å². The van der Waals surface area contributed by atoms with E-state index in [0.717, 1.165) is 0 Å². The zero-order valence-corrected chi connectivity index (χ0v) is 6.37. The summed E-state index contributed by atoms with van der Waals surface area (Å²) in [5, 5.41) is 10.3. The number of nitrogens with zero attached hydrogens (tertiary/aromatic N) is 1. The molecule has 0 aliphatic heterocycles. The molecule has 0 aliphatic rings. The van der Waals surface area contributed by atoms with Gasteiger partial charge in [-0.15, -0.1) is 0 Å². The van der Waals surface area contributed by atoms with E-state index in [9.17, 15) is 14.5 Å². The SMILES string of the molecule is Cc1c([N+](=O)[O-])ccc(N)c1F. The maximum atomic E-state index is 12.9. The van der Waals surface area contributed by atoms with Crippen LogP contribution in [0, 0.1) is 22.9 Å². The van der Waals surface area contributed by atoms with Crippen LogP contribution in [0.3, 0.4) is 0 Å². The van der Waals surface area contributed by atoms with Gasteiger partial charge in [0.05, 0.1) is 16.2 Å². The summed E-state index contributed by atoms with van der Waals surface area (Å²) in [7, 11) is 0. The maximum absolute atomic E-state index is 12.9. The van der Waals surface area contributed by atoms with Crippen LogP contribution in [0.1, 0.15) is 5.56 Å². The van der Waals surface area contributed by atoms with Gasteiger partial charge in [-0.3, -0.25) is 10.1 Å². The van der Waals surface area contributed by atoms with Gasteiger partial charge in [0.1, 0.15) is 0 Å². The Morgan fingerprint density at radius 2 is 2.17 bits per heavy atom. The Morgan fingerprint density at radius 3 is 2.67 bits per heavy atom. The molecule has 0 saturated carbocycles. The summed E-state index contributed by atoms with van der Waals surface area (Å²) in [5.74, 6) is -0.718. The van der Waals surface area contributed by atoms with Crippen molar-refractivity contribution < 1.29 is 9.31 Å². The molecule has 0 saturated heterocycles. The molecule has 0 spiro atoms. The van der Waals surface area contributed by atoms with Gasteiger partial charge in [0.15, 0.2) is 5.82 Å². The van der Waals surface area contributed by atoms with Crippen LogP contribution in [0.2, 0.25) is 0 Å². The second-order valence-electron chi connectivity index (χ2n) is 2.37. The summed E-state index contributed by atoms with van der Waals surface area (Å²) < 4.78 is 12.9. The Balaban J connectivity index is 3.36. The van der Waals surface area contributed by atoms with Crippen molar-refractivity contribution in [3.8, 4) is 0 Å². The van der Waals surface area contributed by atoms with Gasteiger partial charge >= 0.3 is 0 Å². The average molecular weight is 170 g/mol. The first-order chi connectivity index (χ1) is 5.54. The number of rotatable bonds is 1. The van der Waals surface area contributed by atoms with Gasteiger partial charge in [0.2, 0.25) is 0 Å². The lowest BCUT2D eigenvalue weighted by atomic mass is 10.1. The van der Waals surface area contributed by atoms with Gasteiger partial charge in [-0.25, -0.2) is 4.39 Å². The van der Waals surface area contributed by atoms with E-state index in [2.05, 4.69) is 0 Å². The molecule has 0 aromatic heterocycles. The smallest absolute Gasteiger partial charge is 0.275 e. The quantitative estimate of drug-likeness (QED) is 0.395. The Bertz CT molecular complexity index is 338. The number of halogens is 1. The number of benzene rings is 1. The molecule has 0 bridgehead atoms. The summed E-state index contributed by atoms with van der Waals surface area (Å²) in [6, 6.07) is 2.37. The molecule has 64 valence electrons. The summed E-state index contributed by atoms with van der Waals surface area (Å²) in [6.45, 7) is 1.32. The first-order valence-electron chi connectivity index (χ1n) is 3.23. The molecular weight excluding hydrogens is 163 g/mol.